The van der Waals surface area contributed by atoms with E-state index in [0.29, 0.717) is 5.69 Å². The van der Waals surface area contributed by atoms with Gasteiger partial charge in [0.15, 0.2) is 0 Å². The molecule has 1 saturated heterocycles. The summed E-state index contributed by atoms with van der Waals surface area (Å²) in [5, 5.41) is 2.76. The van der Waals surface area contributed by atoms with Crippen LogP contribution in [0.1, 0.15) is 25.3 Å². The van der Waals surface area contributed by atoms with Crippen LogP contribution in [0.3, 0.4) is 0 Å². The van der Waals surface area contributed by atoms with Crippen molar-refractivity contribution < 1.29 is 18.0 Å². The second kappa shape index (κ2) is 5.73. The molecular formula is C14H17F3N2O. The van der Waals surface area contributed by atoms with E-state index in [1.807, 2.05) is 6.92 Å². The molecule has 1 N–H and O–H groups in total. The van der Waals surface area contributed by atoms with Crippen LogP contribution in [0.2, 0.25) is 0 Å². The Labute approximate surface area is 115 Å². The lowest BCUT2D eigenvalue weighted by atomic mass is 10.2. The van der Waals surface area contributed by atoms with Crippen molar-refractivity contribution >= 4 is 11.6 Å². The smallest absolute Gasteiger partial charge is 0.376 e. The Morgan fingerprint density at radius 1 is 1.45 bits per heavy atom. The van der Waals surface area contributed by atoms with Crippen LogP contribution in [0.15, 0.2) is 24.3 Å². The Morgan fingerprint density at radius 2 is 2.20 bits per heavy atom. The number of nitrogens with one attached hydrogen (secondary N) is 1. The van der Waals surface area contributed by atoms with Crippen LogP contribution in [0, 0.1) is 0 Å². The molecule has 0 aliphatic carbocycles. The fourth-order valence-corrected chi connectivity index (χ4v) is 2.39. The number of amides is 1. The molecule has 1 aliphatic heterocycles. The Kier molecular flexibility index (Phi) is 4.20. The number of nitrogens with zero attached hydrogens (tertiary/aromatic N) is 1. The van der Waals surface area contributed by atoms with Gasteiger partial charge >= 0.3 is 6.18 Å². The molecule has 1 atom stereocenters. The van der Waals surface area contributed by atoms with Crippen LogP contribution in [0.5, 0.6) is 0 Å². The van der Waals surface area contributed by atoms with E-state index >= 15 is 0 Å². The molecule has 2 rings (SSSR count). The van der Waals surface area contributed by atoms with Gasteiger partial charge in [-0.25, -0.2) is 0 Å². The molecule has 1 heterocycles. The Balaban J connectivity index is 1.95. The van der Waals surface area contributed by atoms with Gasteiger partial charge in [0.1, 0.15) is 0 Å². The predicted octanol–water partition coefficient (Wildman–Crippen LogP) is 3.13. The maximum atomic E-state index is 12.6. The third-order valence-electron chi connectivity index (χ3n) is 3.51. The highest BCUT2D eigenvalue weighted by Gasteiger charge is 2.30. The number of carbonyl (C=O) groups is 1. The second-order valence-electron chi connectivity index (χ2n) is 5.01. The highest BCUT2D eigenvalue weighted by atomic mass is 19.4. The molecular weight excluding hydrogens is 269 g/mol. The fourth-order valence-electron chi connectivity index (χ4n) is 2.39. The number of anilines is 1. The summed E-state index contributed by atoms with van der Waals surface area (Å²) >= 11 is 0. The van der Waals surface area contributed by atoms with Gasteiger partial charge in [0.2, 0.25) is 5.91 Å². The SMILES string of the molecule is CC1CCCN1C(=O)CNc1cccc(C(F)(F)F)c1. The predicted molar refractivity (Wildman–Crippen MR) is 70.3 cm³/mol. The Morgan fingerprint density at radius 3 is 2.80 bits per heavy atom. The lowest BCUT2D eigenvalue weighted by Gasteiger charge is -2.21. The van der Waals surface area contributed by atoms with Crippen molar-refractivity contribution in [2.24, 2.45) is 0 Å². The molecule has 1 aromatic carbocycles. The molecule has 1 aliphatic rings. The summed E-state index contributed by atoms with van der Waals surface area (Å²) in [6.07, 6.45) is -2.41. The molecule has 0 spiro atoms. The first-order chi connectivity index (χ1) is 9.38. The second-order valence-corrected chi connectivity index (χ2v) is 5.01. The highest BCUT2D eigenvalue weighted by Crippen LogP contribution is 2.30. The summed E-state index contributed by atoms with van der Waals surface area (Å²) in [5.41, 5.74) is -0.412. The molecule has 0 aromatic heterocycles. The van der Waals surface area contributed by atoms with Gasteiger partial charge in [-0.2, -0.15) is 13.2 Å². The van der Waals surface area contributed by atoms with Gasteiger partial charge in [0, 0.05) is 18.3 Å². The standard InChI is InChI=1S/C14H17F3N2O/c1-10-4-3-7-19(10)13(20)9-18-12-6-2-5-11(8-12)14(15,16)17/h2,5-6,8,10,18H,3-4,7,9H2,1H3. The summed E-state index contributed by atoms with van der Waals surface area (Å²) in [6.45, 7) is 2.73. The minimum Gasteiger partial charge on any atom is -0.376 e. The van der Waals surface area contributed by atoms with Crippen LogP contribution in [-0.2, 0) is 11.0 Å². The van der Waals surface area contributed by atoms with E-state index in [9.17, 15) is 18.0 Å². The summed E-state index contributed by atoms with van der Waals surface area (Å²) in [7, 11) is 0. The Hall–Kier alpha value is -1.72. The van der Waals surface area contributed by atoms with E-state index in [0.717, 1.165) is 31.5 Å². The molecule has 0 radical (unpaired) electrons. The lowest BCUT2D eigenvalue weighted by molar-refractivity contribution is -0.137. The molecule has 1 amide bonds. The number of hydrogen-bond acceptors (Lipinski definition) is 2. The van der Waals surface area contributed by atoms with Gasteiger partial charge in [-0.3, -0.25) is 4.79 Å². The first kappa shape index (κ1) is 14.7. The first-order valence-electron chi connectivity index (χ1n) is 6.58. The monoisotopic (exact) mass is 286 g/mol. The van der Waals surface area contributed by atoms with E-state index < -0.39 is 11.7 Å². The van der Waals surface area contributed by atoms with E-state index in [4.69, 9.17) is 0 Å². The largest absolute Gasteiger partial charge is 0.416 e. The number of likely N-dealkylation sites (tertiary alicyclic amines) is 1. The summed E-state index contributed by atoms with van der Waals surface area (Å²) in [6, 6.07) is 5.09. The number of carbonyl (C=O) groups excluding carboxylic acids is 1. The molecule has 1 unspecified atom stereocenters. The van der Waals surface area contributed by atoms with Gasteiger partial charge in [0.25, 0.3) is 0 Å². The Bertz CT molecular complexity index is 488. The summed E-state index contributed by atoms with van der Waals surface area (Å²) < 4.78 is 37.7. The maximum Gasteiger partial charge on any atom is 0.416 e. The zero-order chi connectivity index (χ0) is 14.8. The van der Waals surface area contributed by atoms with Crippen molar-refractivity contribution in [2.75, 3.05) is 18.4 Å². The quantitative estimate of drug-likeness (QED) is 0.926. The number of hydrogen-bond donors (Lipinski definition) is 1. The van der Waals surface area contributed by atoms with Crippen molar-refractivity contribution in [3.8, 4) is 0 Å². The van der Waals surface area contributed by atoms with Crippen LogP contribution in [-0.4, -0.2) is 29.9 Å². The average Bonchev–Trinajstić information content (AvgIpc) is 2.82. The molecule has 1 aromatic rings. The maximum absolute atomic E-state index is 12.6. The topological polar surface area (TPSA) is 32.3 Å². The molecule has 110 valence electrons. The van der Waals surface area contributed by atoms with E-state index in [2.05, 4.69) is 5.32 Å². The van der Waals surface area contributed by atoms with Gasteiger partial charge in [-0.05, 0) is 38.0 Å². The van der Waals surface area contributed by atoms with Crippen LogP contribution < -0.4 is 5.32 Å². The van der Waals surface area contributed by atoms with Crippen molar-refractivity contribution in [2.45, 2.75) is 32.0 Å². The van der Waals surface area contributed by atoms with Crippen LogP contribution >= 0.6 is 0 Å². The van der Waals surface area contributed by atoms with Crippen molar-refractivity contribution in [3.63, 3.8) is 0 Å². The highest BCUT2D eigenvalue weighted by molar-refractivity contribution is 5.81. The lowest BCUT2D eigenvalue weighted by Crippen LogP contribution is -2.37. The molecule has 1 fully saturated rings. The average molecular weight is 286 g/mol. The minimum absolute atomic E-state index is 0.0195. The molecule has 0 bridgehead atoms. The molecule has 20 heavy (non-hydrogen) atoms. The van der Waals surface area contributed by atoms with E-state index in [-0.39, 0.29) is 18.5 Å². The third kappa shape index (κ3) is 3.43. The van der Waals surface area contributed by atoms with Crippen molar-refractivity contribution in [1.29, 1.82) is 0 Å². The van der Waals surface area contributed by atoms with Gasteiger partial charge < -0.3 is 10.2 Å². The summed E-state index contributed by atoms with van der Waals surface area (Å²) in [5.74, 6) is -0.0765. The van der Waals surface area contributed by atoms with Crippen LogP contribution in [0.4, 0.5) is 18.9 Å². The molecule has 3 nitrogen and oxygen atoms in total. The third-order valence-corrected chi connectivity index (χ3v) is 3.51. The fraction of sp³-hybridized carbons (Fsp3) is 0.500. The van der Waals surface area contributed by atoms with Gasteiger partial charge in [-0.1, -0.05) is 6.07 Å². The van der Waals surface area contributed by atoms with E-state index in [1.54, 1.807) is 4.90 Å². The number of halogens is 3. The van der Waals surface area contributed by atoms with E-state index in [1.165, 1.54) is 12.1 Å². The minimum atomic E-state index is -4.37. The van der Waals surface area contributed by atoms with Gasteiger partial charge in [-0.15, -0.1) is 0 Å². The molecule has 0 saturated carbocycles. The first-order valence-corrected chi connectivity index (χ1v) is 6.58. The number of rotatable bonds is 3. The van der Waals surface area contributed by atoms with Crippen molar-refractivity contribution in [3.05, 3.63) is 29.8 Å². The zero-order valence-electron chi connectivity index (χ0n) is 11.2. The van der Waals surface area contributed by atoms with Crippen LogP contribution in [0.25, 0.3) is 0 Å². The summed E-state index contributed by atoms with van der Waals surface area (Å²) in [4.78, 5) is 13.7. The van der Waals surface area contributed by atoms with Crippen molar-refractivity contribution in [1.82, 2.24) is 4.90 Å². The zero-order valence-corrected chi connectivity index (χ0v) is 11.2. The normalized spacial score (nSPS) is 19.2. The number of benzene rings is 1. The van der Waals surface area contributed by atoms with Gasteiger partial charge in [0.05, 0.1) is 12.1 Å². The number of alkyl halides is 3. The molecule has 6 heteroatoms.